The zero-order valence-corrected chi connectivity index (χ0v) is 24.3. The van der Waals surface area contributed by atoms with Gasteiger partial charge in [0.15, 0.2) is 3.55 Å². The number of hydrogen-bond acceptors (Lipinski definition) is 3. The molecule has 2 aliphatic heterocycles. The van der Waals surface area contributed by atoms with Gasteiger partial charge in [-0.25, -0.2) is 24.2 Å². The lowest BCUT2D eigenvalue weighted by Gasteiger charge is -2.65. The Morgan fingerprint density at radius 1 is 0.791 bits per heavy atom. The first kappa shape index (κ1) is 37.1. The minimum Gasteiger partial charge on any atom is -0.247 e. The topological polar surface area (TPSA) is 57.7 Å². The second kappa shape index (κ2) is 11.0. The molecule has 0 radical (unpaired) electrons. The van der Waals surface area contributed by atoms with Gasteiger partial charge in [0.25, 0.3) is 0 Å². The van der Waals surface area contributed by atoms with Crippen LogP contribution in [-0.4, -0.2) is 90.8 Å². The van der Waals surface area contributed by atoms with Crippen molar-refractivity contribution in [1.82, 2.24) is 9.80 Å². The van der Waals surface area contributed by atoms with Gasteiger partial charge in [-0.3, -0.25) is 0 Å². The van der Waals surface area contributed by atoms with Crippen molar-refractivity contribution in [3.8, 4) is 0 Å². The largest absolute Gasteiger partial charge is 0.460 e. The number of quaternary nitrogens is 1. The smallest absolute Gasteiger partial charge is 0.247 e. The Balaban J connectivity index is 2.68. The Kier molecular flexibility index (Phi) is 9.51. The van der Waals surface area contributed by atoms with Crippen molar-refractivity contribution in [1.29, 1.82) is 0 Å². The summed E-state index contributed by atoms with van der Waals surface area (Å²) in [6.45, 7) is 7.84. The molecule has 2 heterocycles. The van der Waals surface area contributed by atoms with E-state index in [0.29, 0.717) is 9.80 Å². The Morgan fingerprint density at radius 3 is 1.53 bits per heavy atom. The molecule has 6 amide bonds. The van der Waals surface area contributed by atoms with E-state index in [4.69, 9.17) is 0 Å². The van der Waals surface area contributed by atoms with Crippen LogP contribution in [0.5, 0.6) is 0 Å². The van der Waals surface area contributed by atoms with E-state index in [1.54, 1.807) is 0 Å². The number of imide groups is 3. The Hall–Kier alpha value is -2.13. The number of halogens is 14. The van der Waals surface area contributed by atoms with E-state index in [1.807, 2.05) is 0 Å². The van der Waals surface area contributed by atoms with Crippen molar-refractivity contribution < 1.29 is 75.9 Å². The Bertz CT molecular complexity index is 1140. The van der Waals surface area contributed by atoms with Crippen LogP contribution in [0.3, 0.4) is 0 Å². The maximum atomic E-state index is 15.0. The van der Waals surface area contributed by atoms with Gasteiger partial charge in [-0.05, 0) is 22.6 Å². The lowest BCUT2D eigenvalue weighted by molar-refractivity contribution is -0.899. The minimum atomic E-state index is -8.05. The second-order valence-electron chi connectivity index (χ2n) is 10.1. The van der Waals surface area contributed by atoms with E-state index >= 15 is 0 Å². The van der Waals surface area contributed by atoms with Crippen LogP contribution >= 0.6 is 22.6 Å². The van der Waals surface area contributed by atoms with Gasteiger partial charge in [-0.2, -0.15) is 57.1 Å². The monoisotopic (exact) mass is 764 g/mol. The summed E-state index contributed by atoms with van der Waals surface area (Å²) < 4.78 is 175. The lowest BCUT2D eigenvalue weighted by Crippen LogP contribution is -2.91. The molecule has 6 nitrogen and oxygen atoms in total. The predicted molar refractivity (Wildman–Crippen MR) is 130 cm³/mol. The molecule has 2 saturated heterocycles. The van der Waals surface area contributed by atoms with E-state index in [-0.39, 0.29) is 6.42 Å². The molecule has 3 unspecified atom stereocenters. The number of alkyl halides is 14. The molecule has 246 valence electrons. The average molecular weight is 764 g/mol. The molecule has 2 fully saturated rings. The molecule has 43 heavy (non-hydrogen) atoms. The SMILES string of the molecule is C=CCN1C(=O)N(CC=C)C(=O)[N+]2(C1=O)C(CCC)C(CC(F)(F)C(F)(F)C(F)(F)C(F)(F)C(F)(F)C(F)(F)F)C2(C)I. The van der Waals surface area contributed by atoms with Crippen molar-refractivity contribution >= 4 is 40.7 Å². The number of carbonyl (C=O) groups excluding carboxylic acids is 3. The molecular formula is C23H24F13IN3O3+. The van der Waals surface area contributed by atoms with E-state index in [2.05, 4.69) is 13.2 Å². The molecule has 1 spiro atoms. The number of rotatable bonds is 12. The molecule has 0 bridgehead atoms. The van der Waals surface area contributed by atoms with Crippen LogP contribution in [0.15, 0.2) is 25.3 Å². The summed E-state index contributed by atoms with van der Waals surface area (Å²) in [7, 11) is 0. The van der Waals surface area contributed by atoms with Gasteiger partial charge >= 0.3 is 53.9 Å². The third-order valence-corrected chi connectivity index (χ3v) is 9.10. The summed E-state index contributed by atoms with van der Waals surface area (Å²) in [6, 6.07) is -5.70. The first-order chi connectivity index (χ1) is 19.2. The molecule has 0 saturated carbocycles. The van der Waals surface area contributed by atoms with Crippen LogP contribution in [0.25, 0.3) is 0 Å². The number of nitrogens with zero attached hydrogens (tertiary/aromatic N) is 3. The fraction of sp³-hybridized carbons (Fsp3) is 0.696. The van der Waals surface area contributed by atoms with Crippen LogP contribution in [0.1, 0.15) is 33.1 Å². The molecular weight excluding hydrogens is 740 g/mol. The van der Waals surface area contributed by atoms with Crippen LogP contribution < -0.4 is 0 Å². The molecule has 0 N–H and O–H groups in total. The zero-order chi connectivity index (χ0) is 34.0. The van der Waals surface area contributed by atoms with Crippen molar-refractivity contribution in [3.05, 3.63) is 25.3 Å². The normalized spacial score (nSPS) is 25.7. The maximum Gasteiger partial charge on any atom is 0.460 e. The number of carbonyl (C=O) groups is 3. The molecule has 0 aromatic heterocycles. The highest BCUT2D eigenvalue weighted by Gasteiger charge is 2.91. The van der Waals surface area contributed by atoms with Crippen molar-refractivity contribution in [2.75, 3.05) is 13.1 Å². The van der Waals surface area contributed by atoms with Crippen molar-refractivity contribution in [2.24, 2.45) is 5.92 Å². The van der Waals surface area contributed by atoms with Gasteiger partial charge in [0, 0.05) is 19.8 Å². The van der Waals surface area contributed by atoms with Gasteiger partial charge in [0.05, 0.1) is 19.0 Å². The zero-order valence-electron chi connectivity index (χ0n) is 22.1. The molecule has 20 heteroatoms. The summed E-state index contributed by atoms with van der Waals surface area (Å²) in [4.78, 5) is 40.9. The summed E-state index contributed by atoms with van der Waals surface area (Å²) in [6.07, 6.45) is -8.57. The first-order valence-corrected chi connectivity index (χ1v) is 13.2. The molecule has 2 rings (SSSR count). The predicted octanol–water partition coefficient (Wildman–Crippen LogP) is 8.23. The highest BCUT2D eigenvalue weighted by molar-refractivity contribution is 14.1. The average Bonchev–Trinajstić information content (AvgIpc) is 2.86. The second-order valence-corrected chi connectivity index (χ2v) is 12.2. The number of hydrogen-bond donors (Lipinski definition) is 0. The van der Waals surface area contributed by atoms with Gasteiger partial charge < -0.3 is 0 Å². The van der Waals surface area contributed by atoms with E-state index in [9.17, 15) is 71.5 Å². The number of urea groups is 3. The standard InChI is InChI=1S/C23H24F13IN3O3/c1-5-8-13-12(11-18(24,25)19(26,27)20(28,29)21(30,31)22(32,33)23(34,35)36)17(4,37)40(13)15(42)38(9-6-2)14(41)39(10-7-3)16(40)43/h6-7,12-13H,2-3,5,8-11H2,1,4H3/q+1. The minimum absolute atomic E-state index is 0.0840. The van der Waals surface area contributed by atoms with Crippen LogP contribution in [0.2, 0.25) is 0 Å². The number of amides is 6. The van der Waals surface area contributed by atoms with Crippen molar-refractivity contribution in [2.45, 2.75) is 78.5 Å². The van der Waals surface area contributed by atoms with Gasteiger partial charge in [0.2, 0.25) is 0 Å². The third-order valence-electron chi connectivity index (χ3n) is 7.54. The van der Waals surface area contributed by atoms with E-state index in [1.165, 1.54) is 29.5 Å². The molecule has 0 aromatic carbocycles. The highest BCUT2D eigenvalue weighted by atomic mass is 127. The van der Waals surface area contributed by atoms with Crippen LogP contribution in [0.4, 0.5) is 71.5 Å². The van der Waals surface area contributed by atoms with E-state index < -0.39 is 99.8 Å². The summed E-state index contributed by atoms with van der Waals surface area (Å²) in [5, 5.41) is 0. The van der Waals surface area contributed by atoms with Gasteiger partial charge in [0.1, 0.15) is 6.04 Å². The molecule has 3 atom stereocenters. The Labute approximate surface area is 249 Å². The quantitative estimate of drug-likeness (QED) is 0.0503. The third kappa shape index (κ3) is 4.74. The highest BCUT2D eigenvalue weighted by Crippen LogP contribution is 2.65. The van der Waals surface area contributed by atoms with Gasteiger partial charge in [-0.15, -0.1) is 17.6 Å². The molecule has 0 aromatic rings. The first-order valence-electron chi connectivity index (χ1n) is 12.1. The molecule has 2 aliphatic rings. The fourth-order valence-corrected chi connectivity index (χ4v) is 6.75. The van der Waals surface area contributed by atoms with Crippen molar-refractivity contribution in [3.63, 3.8) is 0 Å². The van der Waals surface area contributed by atoms with Crippen LogP contribution in [-0.2, 0) is 0 Å². The van der Waals surface area contributed by atoms with E-state index in [0.717, 1.165) is 19.1 Å². The van der Waals surface area contributed by atoms with Gasteiger partial charge in [-0.1, -0.05) is 25.5 Å². The lowest BCUT2D eigenvalue weighted by atomic mass is 9.70. The molecule has 0 aliphatic carbocycles. The summed E-state index contributed by atoms with van der Waals surface area (Å²) in [5.74, 6) is -39.9. The summed E-state index contributed by atoms with van der Waals surface area (Å²) >= 11 is 1.19. The van der Waals surface area contributed by atoms with Crippen LogP contribution in [0, 0.1) is 5.92 Å². The maximum absolute atomic E-state index is 15.0. The summed E-state index contributed by atoms with van der Waals surface area (Å²) in [5.41, 5.74) is 0. The fourth-order valence-electron chi connectivity index (χ4n) is 5.34. The Morgan fingerprint density at radius 2 is 1.19 bits per heavy atom.